The van der Waals surface area contributed by atoms with Crippen LogP contribution >= 0.6 is 46.8 Å². The molecule has 94 valence electrons. The zero-order valence-corrected chi connectivity index (χ0v) is 11.2. The number of anilines is 3. The van der Waals surface area contributed by atoms with Crippen LogP contribution in [0.2, 0.25) is 10.2 Å². The van der Waals surface area contributed by atoms with Crippen molar-refractivity contribution in [3.63, 3.8) is 0 Å². The quantitative estimate of drug-likeness (QED) is 0.858. The smallest absolute Gasteiger partial charge is 0.208 e. The topological polar surface area (TPSA) is 92.6 Å². The van der Waals surface area contributed by atoms with Crippen molar-refractivity contribution in [3.05, 3.63) is 16.4 Å². The van der Waals surface area contributed by atoms with Crippen molar-refractivity contribution in [1.29, 1.82) is 0 Å². The van der Waals surface area contributed by atoms with Crippen LogP contribution in [0, 0.1) is 0 Å². The highest BCUT2D eigenvalue weighted by Gasteiger charge is 2.14. The fourth-order valence-corrected chi connectivity index (χ4v) is 1.47. The Labute approximate surface area is 120 Å². The first-order valence-electron chi connectivity index (χ1n) is 4.21. The molecule has 0 fully saturated rings. The minimum absolute atomic E-state index is 0.000654. The maximum absolute atomic E-state index is 5.88. The van der Waals surface area contributed by atoms with Gasteiger partial charge < -0.3 is 5.32 Å². The molecule has 2 rings (SSSR count). The van der Waals surface area contributed by atoms with Gasteiger partial charge >= 0.3 is 0 Å². The molecule has 8 nitrogen and oxygen atoms in total. The second-order valence-electron chi connectivity index (χ2n) is 2.77. The molecule has 0 aliphatic carbocycles. The summed E-state index contributed by atoms with van der Waals surface area (Å²) in [4.78, 5) is 0. The van der Waals surface area contributed by atoms with E-state index in [9.17, 15) is 0 Å². The lowest BCUT2D eigenvalue weighted by molar-refractivity contribution is 0.860. The van der Waals surface area contributed by atoms with Gasteiger partial charge in [-0.15, -0.1) is 20.4 Å². The maximum atomic E-state index is 5.88. The molecule has 0 amide bonds. The minimum Gasteiger partial charge on any atom is -0.333 e. The summed E-state index contributed by atoms with van der Waals surface area (Å²) < 4.78 is 0.709. The van der Waals surface area contributed by atoms with Crippen molar-refractivity contribution in [1.82, 2.24) is 30.8 Å². The molecule has 0 atom stereocenters. The van der Waals surface area contributed by atoms with E-state index >= 15 is 0 Å². The van der Waals surface area contributed by atoms with Gasteiger partial charge in [-0.25, -0.2) is 0 Å². The van der Waals surface area contributed by atoms with Crippen LogP contribution in [0.3, 0.4) is 0 Å². The van der Waals surface area contributed by atoms with Gasteiger partial charge in [0.15, 0.2) is 11.0 Å². The van der Waals surface area contributed by atoms with E-state index in [0.717, 1.165) is 0 Å². The third-order valence-electron chi connectivity index (χ3n) is 1.70. The number of hydrogen-bond acceptors (Lipinski definition) is 8. The molecule has 2 aromatic rings. The Hall–Kier alpha value is -1.22. The zero-order valence-electron chi connectivity index (χ0n) is 8.22. The van der Waals surface area contributed by atoms with Crippen molar-refractivity contribution < 1.29 is 0 Å². The van der Waals surface area contributed by atoms with E-state index in [2.05, 4.69) is 36.1 Å². The Bertz CT molecular complexity index is 563. The average molecular weight is 328 g/mol. The van der Waals surface area contributed by atoms with Crippen molar-refractivity contribution in [2.75, 3.05) is 9.25 Å². The van der Waals surface area contributed by atoms with Crippen LogP contribution < -0.4 is 9.25 Å². The summed E-state index contributed by atoms with van der Waals surface area (Å²) in [5.74, 6) is 0.266. The van der Waals surface area contributed by atoms with Gasteiger partial charge in [0.05, 0.1) is 6.20 Å². The first kappa shape index (κ1) is 13.2. The number of hydrogen-bond donors (Lipinski definition) is 1. The van der Waals surface area contributed by atoms with Crippen LogP contribution in [0.1, 0.15) is 0 Å². The maximum Gasteiger partial charge on any atom is 0.208 e. The summed E-state index contributed by atoms with van der Waals surface area (Å²) >= 11 is 22.7. The first-order chi connectivity index (χ1) is 8.59. The molecule has 0 unspecified atom stereocenters. The summed E-state index contributed by atoms with van der Waals surface area (Å²) in [6, 6.07) is 0. The molecule has 0 aliphatic heterocycles. The van der Waals surface area contributed by atoms with Crippen molar-refractivity contribution >= 4 is 64.1 Å². The van der Waals surface area contributed by atoms with Gasteiger partial charge in [-0.2, -0.15) is 3.94 Å². The van der Waals surface area contributed by atoms with Gasteiger partial charge in [-0.1, -0.05) is 23.2 Å². The van der Waals surface area contributed by atoms with Crippen LogP contribution in [0.25, 0.3) is 0 Å². The number of nitrogens with zero attached hydrogens (tertiary/aromatic N) is 7. The highest BCUT2D eigenvalue weighted by atomic mass is 35.5. The molecule has 0 bridgehead atoms. The third kappa shape index (κ3) is 2.78. The molecule has 2 aromatic heterocycles. The van der Waals surface area contributed by atoms with Crippen molar-refractivity contribution in [3.8, 4) is 0 Å². The standard InChI is InChI=1S/C6H2Cl4N8/c7-3-4(8)13-17-14-5(3)12-2-1-11-16-15-6(2)18(9)10/h1H,(H,12,13,14,16). The number of halogens is 4. The van der Waals surface area contributed by atoms with Crippen LogP contribution in [-0.4, -0.2) is 30.8 Å². The lowest BCUT2D eigenvalue weighted by Crippen LogP contribution is -2.06. The third-order valence-corrected chi connectivity index (χ3v) is 2.74. The summed E-state index contributed by atoms with van der Waals surface area (Å²) in [5.41, 5.74) is 0.313. The van der Waals surface area contributed by atoms with Gasteiger partial charge in [0.1, 0.15) is 10.7 Å². The van der Waals surface area contributed by atoms with Crippen molar-refractivity contribution in [2.24, 2.45) is 0 Å². The van der Waals surface area contributed by atoms with E-state index in [1.54, 1.807) is 0 Å². The van der Waals surface area contributed by atoms with Gasteiger partial charge in [-0.3, -0.25) is 0 Å². The van der Waals surface area contributed by atoms with E-state index in [1.807, 2.05) is 0 Å². The van der Waals surface area contributed by atoms with Crippen LogP contribution in [0.4, 0.5) is 17.3 Å². The molecule has 0 saturated heterocycles. The van der Waals surface area contributed by atoms with E-state index < -0.39 is 0 Å². The predicted molar refractivity (Wildman–Crippen MR) is 67.1 cm³/mol. The minimum atomic E-state index is -0.000654. The summed E-state index contributed by atoms with van der Waals surface area (Å²) in [5, 5.41) is 24.0. The summed E-state index contributed by atoms with van der Waals surface area (Å²) in [6.07, 6.45) is 1.33. The predicted octanol–water partition coefficient (Wildman–Crippen LogP) is 2.22. The average Bonchev–Trinajstić information content (AvgIpc) is 2.35. The number of rotatable bonds is 3. The van der Waals surface area contributed by atoms with Crippen LogP contribution in [0.15, 0.2) is 6.20 Å². The van der Waals surface area contributed by atoms with Gasteiger partial charge in [-0.05, 0) is 10.4 Å². The molecule has 0 saturated carbocycles. The molecule has 0 spiro atoms. The molecular formula is C6H2Cl4N8. The molecule has 0 aliphatic rings. The highest BCUT2D eigenvalue weighted by Crippen LogP contribution is 2.31. The van der Waals surface area contributed by atoms with Crippen LogP contribution in [-0.2, 0) is 0 Å². The summed E-state index contributed by atoms with van der Waals surface area (Å²) in [6.45, 7) is 0. The molecule has 1 N–H and O–H groups in total. The zero-order chi connectivity index (χ0) is 13.1. The fraction of sp³-hybridized carbons (Fsp3) is 0. The molecule has 0 aromatic carbocycles. The van der Waals surface area contributed by atoms with E-state index in [4.69, 9.17) is 46.8 Å². The normalized spacial score (nSPS) is 10.2. The fourth-order valence-electron chi connectivity index (χ4n) is 0.976. The second kappa shape index (κ2) is 5.61. The molecular weight excluding hydrogens is 326 g/mol. The summed E-state index contributed by atoms with van der Waals surface area (Å²) in [7, 11) is 0. The molecule has 12 heteroatoms. The SMILES string of the molecule is Clc1nnnc(Nc2cnnnc2N(Cl)Cl)c1Cl. The lowest BCUT2D eigenvalue weighted by atomic mass is 10.4. The Morgan fingerprint density at radius 3 is 2.56 bits per heavy atom. The molecule has 2 heterocycles. The van der Waals surface area contributed by atoms with Gasteiger partial charge in [0.2, 0.25) is 5.82 Å². The van der Waals surface area contributed by atoms with Crippen LogP contribution in [0.5, 0.6) is 0 Å². The molecule has 18 heavy (non-hydrogen) atoms. The largest absolute Gasteiger partial charge is 0.333 e. The first-order valence-corrected chi connectivity index (χ1v) is 5.64. The van der Waals surface area contributed by atoms with Crippen molar-refractivity contribution in [2.45, 2.75) is 0 Å². The Morgan fingerprint density at radius 2 is 1.83 bits per heavy atom. The Morgan fingerprint density at radius 1 is 1.06 bits per heavy atom. The Balaban J connectivity index is 2.37. The van der Waals surface area contributed by atoms with E-state index in [1.165, 1.54) is 6.20 Å². The Kier molecular flexibility index (Phi) is 4.12. The molecule has 0 radical (unpaired) electrons. The van der Waals surface area contributed by atoms with E-state index in [0.29, 0.717) is 9.63 Å². The highest BCUT2D eigenvalue weighted by molar-refractivity contribution is 6.49. The second-order valence-corrected chi connectivity index (χ2v) is 4.36. The number of aromatic nitrogens is 6. The van der Waals surface area contributed by atoms with E-state index in [-0.39, 0.29) is 21.8 Å². The van der Waals surface area contributed by atoms with Gasteiger partial charge in [0.25, 0.3) is 0 Å². The number of nitrogens with one attached hydrogen (secondary N) is 1. The lowest BCUT2D eigenvalue weighted by Gasteiger charge is -2.10. The monoisotopic (exact) mass is 326 g/mol. The van der Waals surface area contributed by atoms with Gasteiger partial charge in [0, 0.05) is 23.6 Å².